The molecule has 3 rings (SSSR count). The zero-order valence-electron chi connectivity index (χ0n) is 9.70. The Labute approximate surface area is 95.8 Å². The Balaban J connectivity index is 1.94. The highest BCUT2D eigenvalue weighted by Crippen LogP contribution is 2.54. The fraction of sp³-hybridized carbons (Fsp3) is 0.769. The van der Waals surface area contributed by atoms with Crippen molar-refractivity contribution in [3.8, 4) is 0 Å². The number of fused-ring (bicyclic) bond motifs is 1. The summed E-state index contributed by atoms with van der Waals surface area (Å²) in [5, 5.41) is 0. The van der Waals surface area contributed by atoms with Crippen LogP contribution < -0.4 is 0 Å². The molecule has 1 saturated carbocycles. The van der Waals surface area contributed by atoms with Gasteiger partial charge in [-0.15, -0.1) is 0 Å². The van der Waals surface area contributed by atoms with Crippen molar-refractivity contribution in [1.29, 1.82) is 0 Å². The number of aldehydes is 1. The average molecular weight is 222 g/mol. The lowest BCUT2D eigenvalue weighted by Gasteiger charge is -2.39. The third-order valence-electron chi connectivity index (χ3n) is 4.60. The fourth-order valence-corrected chi connectivity index (χ4v) is 3.42. The van der Waals surface area contributed by atoms with Gasteiger partial charge in [0.2, 0.25) is 0 Å². The van der Waals surface area contributed by atoms with E-state index >= 15 is 0 Å². The molecule has 2 fully saturated rings. The van der Waals surface area contributed by atoms with Crippen molar-refractivity contribution in [2.75, 3.05) is 13.2 Å². The fourth-order valence-electron chi connectivity index (χ4n) is 3.42. The molecule has 2 atom stereocenters. The predicted molar refractivity (Wildman–Crippen MR) is 58.8 cm³/mol. The van der Waals surface area contributed by atoms with E-state index < -0.39 is 5.79 Å². The number of rotatable bonds is 1. The zero-order valence-corrected chi connectivity index (χ0v) is 9.70. The molecule has 1 spiro atoms. The minimum Gasteiger partial charge on any atom is -0.344 e. The molecule has 1 saturated heterocycles. The van der Waals surface area contributed by atoms with Crippen LogP contribution >= 0.6 is 0 Å². The van der Waals surface area contributed by atoms with Crippen LogP contribution in [-0.2, 0) is 14.3 Å². The Morgan fingerprint density at radius 2 is 2.12 bits per heavy atom. The van der Waals surface area contributed by atoms with Crippen LogP contribution in [0.2, 0.25) is 0 Å². The van der Waals surface area contributed by atoms with Gasteiger partial charge in [-0.05, 0) is 30.8 Å². The number of hydrogen-bond acceptors (Lipinski definition) is 3. The lowest BCUT2D eigenvalue weighted by molar-refractivity contribution is -0.135. The Bertz CT molecular complexity index is 341. The number of hydrogen-bond donors (Lipinski definition) is 0. The summed E-state index contributed by atoms with van der Waals surface area (Å²) in [7, 11) is 0. The predicted octanol–water partition coefficient (Wildman–Crippen LogP) is 2.06. The van der Waals surface area contributed by atoms with E-state index in [9.17, 15) is 4.79 Å². The standard InChI is InChI=1S/C13H18O3/c1-12-4-5-13(15-6-7-16-13)8-10(12)2-3-11(12)9-14/h8-9,11H,2-7H2,1H3/t11-,12+/m1/s1. The normalized spacial score (nSPS) is 40.8. The van der Waals surface area contributed by atoms with Crippen LogP contribution in [0.25, 0.3) is 0 Å². The summed E-state index contributed by atoms with van der Waals surface area (Å²) in [6.45, 7) is 3.60. The van der Waals surface area contributed by atoms with E-state index in [1.54, 1.807) is 0 Å². The summed E-state index contributed by atoms with van der Waals surface area (Å²) in [4.78, 5) is 11.1. The highest BCUT2D eigenvalue weighted by molar-refractivity contribution is 5.58. The van der Waals surface area contributed by atoms with Crippen molar-refractivity contribution in [3.63, 3.8) is 0 Å². The molecule has 0 bridgehead atoms. The smallest absolute Gasteiger partial charge is 0.188 e. The van der Waals surface area contributed by atoms with Gasteiger partial charge >= 0.3 is 0 Å². The molecule has 1 aliphatic heterocycles. The quantitative estimate of drug-likeness (QED) is 0.503. The van der Waals surface area contributed by atoms with Crippen molar-refractivity contribution in [1.82, 2.24) is 0 Å². The second kappa shape index (κ2) is 3.41. The summed E-state index contributed by atoms with van der Waals surface area (Å²) in [6.07, 6.45) is 7.19. The molecule has 3 heteroatoms. The van der Waals surface area contributed by atoms with Gasteiger partial charge in [-0.25, -0.2) is 0 Å². The second-order valence-corrected chi connectivity index (χ2v) is 5.38. The van der Waals surface area contributed by atoms with Crippen LogP contribution in [0.15, 0.2) is 11.6 Å². The van der Waals surface area contributed by atoms with Crippen LogP contribution in [0.4, 0.5) is 0 Å². The maximum absolute atomic E-state index is 11.1. The number of allylic oxidation sites excluding steroid dienone is 1. The highest BCUT2D eigenvalue weighted by Gasteiger charge is 2.50. The summed E-state index contributed by atoms with van der Waals surface area (Å²) in [5.41, 5.74) is 1.44. The number of carbonyl (C=O) groups is 1. The van der Waals surface area contributed by atoms with Crippen molar-refractivity contribution in [2.45, 2.75) is 38.4 Å². The Kier molecular flexibility index (Phi) is 2.23. The number of carbonyl (C=O) groups excluding carboxylic acids is 1. The van der Waals surface area contributed by atoms with Gasteiger partial charge in [0.05, 0.1) is 13.2 Å². The Morgan fingerprint density at radius 1 is 1.38 bits per heavy atom. The van der Waals surface area contributed by atoms with Crippen LogP contribution in [-0.4, -0.2) is 25.3 Å². The van der Waals surface area contributed by atoms with Gasteiger partial charge < -0.3 is 14.3 Å². The van der Waals surface area contributed by atoms with E-state index in [2.05, 4.69) is 13.0 Å². The molecule has 0 aromatic rings. The maximum Gasteiger partial charge on any atom is 0.188 e. The van der Waals surface area contributed by atoms with Crippen LogP contribution in [0.3, 0.4) is 0 Å². The van der Waals surface area contributed by atoms with Gasteiger partial charge in [0, 0.05) is 12.3 Å². The summed E-state index contributed by atoms with van der Waals surface area (Å²) >= 11 is 0. The SMILES string of the molecule is C[C@]12CCC3(C=C1CC[C@@H]2C=O)OCCO3. The third kappa shape index (κ3) is 1.31. The molecule has 88 valence electrons. The van der Waals surface area contributed by atoms with Crippen molar-refractivity contribution in [3.05, 3.63) is 11.6 Å². The molecule has 3 aliphatic rings. The van der Waals surface area contributed by atoms with Crippen LogP contribution in [0.1, 0.15) is 32.6 Å². The summed E-state index contributed by atoms with van der Waals surface area (Å²) < 4.78 is 11.4. The van der Waals surface area contributed by atoms with Crippen LogP contribution in [0.5, 0.6) is 0 Å². The van der Waals surface area contributed by atoms with E-state index in [4.69, 9.17) is 9.47 Å². The molecule has 0 amide bonds. The third-order valence-corrected chi connectivity index (χ3v) is 4.60. The molecule has 3 nitrogen and oxygen atoms in total. The average Bonchev–Trinajstić information content (AvgIpc) is 2.85. The first-order valence-corrected chi connectivity index (χ1v) is 6.14. The molecule has 0 N–H and O–H groups in total. The Morgan fingerprint density at radius 3 is 2.81 bits per heavy atom. The van der Waals surface area contributed by atoms with Gasteiger partial charge in [0.1, 0.15) is 6.29 Å². The lowest BCUT2D eigenvalue weighted by Crippen LogP contribution is -2.38. The molecule has 0 aromatic heterocycles. The van der Waals surface area contributed by atoms with Crippen LogP contribution in [0, 0.1) is 11.3 Å². The minimum absolute atomic E-state index is 0.0717. The van der Waals surface area contributed by atoms with Crippen molar-refractivity contribution < 1.29 is 14.3 Å². The Hall–Kier alpha value is -0.670. The van der Waals surface area contributed by atoms with Gasteiger partial charge in [-0.1, -0.05) is 12.5 Å². The maximum atomic E-state index is 11.1. The van der Waals surface area contributed by atoms with Gasteiger partial charge in [-0.2, -0.15) is 0 Å². The molecule has 16 heavy (non-hydrogen) atoms. The lowest BCUT2D eigenvalue weighted by atomic mass is 9.69. The van der Waals surface area contributed by atoms with Gasteiger partial charge in [0.25, 0.3) is 0 Å². The molecule has 2 aliphatic carbocycles. The molecule has 0 aromatic carbocycles. The van der Waals surface area contributed by atoms with E-state index in [0.717, 1.165) is 32.0 Å². The highest BCUT2D eigenvalue weighted by atomic mass is 16.7. The zero-order chi connectivity index (χ0) is 11.2. The molecule has 0 radical (unpaired) electrons. The first-order valence-electron chi connectivity index (χ1n) is 6.14. The van der Waals surface area contributed by atoms with Crippen molar-refractivity contribution in [2.24, 2.45) is 11.3 Å². The first kappa shape index (κ1) is 10.5. The molecule has 1 heterocycles. The second-order valence-electron chi connectivity index (χ2n) is 5.38. The topological polar surface area (TPSA) is 35.5 Å². The summed E-state index contributed by atoms with van der Waals surface area (Å²) in [6, 6.07) is 0. The minimum atomic E-state index is -0.452. The summed E-state index contributed by atoms with van der Waals surface area (Å²) in [5.74, 6) is -0.260. The van der Waals surface area contributed by atoms with E-state index in [0.29, 0.717) is 13.2 Å². The van der Waals surface area contributed by atoms with E-state index in [1.165, 1.54) is 5.57 Å². The van der Waals surface area contributed by atoms with Crippen molar-refractivity contribution >= 4 is 6.29 Å². The molecule has 0 unspecified atom stereocenters. The first-order chi connectivity index (χ1) is 7.69. The largest absolute Gasteiger partial charge is 0.344 e. The van der Waals surface area contributed by atoms with E-state index in [-0.39, 0.29) is 11.3 Å². The van der Waals surface area contributed by atoms with Gasteiger partial charge in [0.15, 0.2) is 5.79 Å². The number of ether oxygens (including phenoxy) is 2. The van der Waals surface area contributed by atoms with E-state index in [1.807, 2.05) is 0 Å². The van der Waals surface area contributed by atoms with Gasteiger partial charge in [-0.3, -0.25) is 0 Å². The molecular formula is C13H18O3. The monoisotopic (exact) mass is 222 g/mol. The molecular weight excluding hydrogens is 204 g/mol.